The summed E-state index contributed by atoms with van der Waals surface area (Å²) in [6.07, 6.45) is 3.83. The SMILES string of the molecule is COCc1noc(CN(C)Cc2cnn(C)c2)n1. The van der Waals surface area contributed by atoms with Crippen LogP contribution in [0.5, 0.6) is 0 Å². The molecule has 98 valence electrons. The molecule has 18 heavy (non-hydrogen) atoms. The van der Waals surface area contributed by atoms with Gasteiger partial charge in [0.1, 0.15) is 6.61 Å². The van der Waals surface area contributed by atoms with E-state index in [2.05, 4.69) is 20.1 Å². The molecule has 0 bridgehead atoms. The van der Waals surface area contributed by atoms with Crippen LogP contribution in [0.3, 0.4) is 0 Å². The lowest BCUT2D eigenvalue weighted by molar-refractivity contribution is 0.174. The molecule has 7 heteroatoms. The first-order chi connectivity index (χ1) is 8.67. The van der Waals surface area contributed by atoms with Gasteiger partial charge in [-0.1, -0.05) is 5.16 Å². The van der Waals surface area contributed by atoms with Crippen LogP contribution < -0.4 is 0 Å². The Balaban J connectivity index is 1.88. The third kappa shape index (κ3) is 3.38. The monoisotopic (exact) mass is 251 g/mol. The minimum absolute atomic E-state index is 0.371. The summed E-state index contributed by atoms with van der Waals surface area (Å²) in [5.74, 6) is 1.16. The third-order valence-corrected chi connectivity index (χ3v) is 2.40. The van der Waals surface area contributed by atoms with Crippen molar-refractivity contribution in [2.24, 2.45) is 7.05 Å². The van der Waals surface area contributed by atoms with Crippen molar-refractivity contribution < 1.29 is 9.26 Å². The van der Waals surface area contributed by atoms with Gasteiger partial charge in [-0.3, -0.25) is 9.58 Å². The molecule has 0 spiro atoms. The van der Waals surface area contributed by atoms with Crippen LogP contribution in [0.1, 0.15) is 17.3 Å². The molecule has 0 aliphatic rings. The number of rotatable bonds is 6. The van der Waals surface area contributed by atoms with E-state index in [1.165, 1.54) is 0 Å². The van der Waals surface area contributed by atoms with Crippen molar-refractivity contribution in [3.63, 3.8) is 0 Å². The van der Waals surface area contributed by atoms with Crippen LogP contribution in [0.4, 0.5) is 0 Å². The fourth-order valence-electron chi connectivity index (χ4n) is 1.69. The first-order valence-electron chi connectivity index (χ1n) is 5.64. The van der Waals surface area contributed by atoms with Crippen molar-refractivity contribution in [3.8, 4) is 0 Å². The van der Waals surface area contributed by atoms with E-state index in [1.807, 2.05) is 26.5 Å². The Morgan fingerprint density at radius 1 is 1.44 bits per heavy atom. The molecule has 0 amide bonds. The molecule has 0 unspecified atom stereocenters. The molecule has 0 N–H and O–H groups in total. The van der Waals surface area contributed by atoms with E-state index in [1.54, 1.807) is 11.8 Å². The summed E-state index contributed by atoms with van der Waals surface area (Å²) in [6, 6.07) is 0. The number of methoxy groups -OCH3 is 1. The number of hydrogen-bond donors (Lipinski definition) is 0. The second-order valence-electron chi connectivity index (χ2n) is 4.23. The molecule has 0 radical (unpaired) electrons. The predicted molar refractivity (Wildman–Crippen MR) is 63.4 cm³/mol. The first kappa shape index (κ1) is 12.7. The van der Waals surface area contributed by atoms with Crippen LogP contribution in [0.15, 0.2) is 16.9 Å². The zero-order valence-corrected chi connectivity index (χ0v) is 10.8. The Morgan fingerprint density at radius 2 is 2.28 bits per heavy atom. The molecule has 0 aliphatic heterocycles. The van der Waals surface area contributed by atoms with E-state index in [0.29, 0.717) is 24.9 Å². The number of hydrogen-bond acceptors (Lipinski definition) is 6. The highest BCUT2D eigenvalue weighted by Gasteiger charge is 2.09. The van der Waals surface area contributed by atoms with Gasteiger partial charge in [0.2, 0.25) is 5.89 Å². The molecule has 0 aliphatic carbocycles. The maximum atomic E-state index is 5.13. The molecule has 2 aromatic heterocycles. The highest BCUT2D eigenvalue weighted by atomic mass is 16.5. The average molecular weight is 251 g/mol. The van der Waals surface area contributed by atoms with E-state index in [4.69, 9.17) is 9.26 Å². The molecule has 0 atom stereocenters. The number of aryl methyl sites for hydroxylation is 1. The molecule has 2 heterocycles. The second kappa shape index (κ2) is 5.74. The minimum Gasteiger partial charge on any atom is -0.377 e. The molecular formula is C11H17N5O2. The molecule has 2 rings (SSSR count). The fourth-order valence-corrected chi connectivity index (χ4v) is 1.69. The van der Waals surface area contributed by atoms with Crippen molar-refractivity contribution in [2.45, 2.75) is 19.7 Å². The third-order valence-electron chi connectivity index (χ3n) is 2.40. The minimum atomic E-state index is 0.371. The van der Waals surface area contributed by atoms with Gasteiger partial charge in [-0.05, 0) is 7.05 Å². The Morgan fingerprint density at radius 3 is 2.94 bits per heavy atom. The average Bonchev–Trinajstić information content (AvgIpc) is 2.89. The molecule has 2 aromatic rings. The summed E-state index contributed by atoms with van der Waals surface area (Å²) < 4.78 is 11.8. The van der Waals surface area contributed by atoms with Gasteiger partial charge in [-0.25, -0.2) is 0 Å². The molecule has 0 aromatic carbocycles. The maximum absolute atomic E-state index is 5.13. The lowest BCUT2D eigenvalue weighted by atomic mass is 10.3. The second-order valence-corrected chi connectivity index (χ2v) is 4.23. The van der Waals surface area contributed by atoms with Crippen molar-refractivity contribution in [1.82, 2.24) is 24.8 Å². The van der Waals surface area contributed by atoms with Crippen LogP contribution in [-0.2, 0) is 31.5 Å². The highest BCUT2D eigenvalue weighted by Crippen LogP contribution is 2.06. The quantitative estimate of drug-likeness (QED) is 0.748. The summed E-state index contributed by atoms with van der Waals surface area (Å²) in [5.41, 5.74) is 1.15. The highest BCUT2D eigenvalue weighted by molar-refractivity contribution is 5.03. The summed E-state index contributed by atoms with van der Waals surface area (Å²) in [4.78, 5) is 6.31. The van der Waals surface area contributed by atoms with E-state index in [0.717, 1.165) is 12.1 Å². The smallest absolute Gasteiger partial charge is 0.240 e. The van der Waals surface area contributed by atoms with Gasteiger partial charge < -0.3 is 9.26 Å². The van der Waals surface area contributed by atoms with Crippen molar-refractivity contribution >= 4 is 0 Å². The van der Waals surface area contributed by atoms with E-state index in [9.17, 15) is 0 Å². The summed E-state index contributed by atoms with van der Waals surface area (Å²) in [7, 11) is 5.50. The summed E-state index contributed by atoms with van der Waals surface area (Å²) in [5, 5.41) is 7.94. The molecule has 0 fully saturated rings. The normalized spacial score (nSPS) is 11.3. The lowest BCUT2D eigenvalue weighted by Gasteiger charge is -2.12. The van der Waals surface area contributed by atoms with Crippen LogP contribution in [0.25, 0.3) is 0 Å². The van der Waals surface area contributed by atoms with Gasteiger partial charge in [-0.2, -0.15) is 10.1 Å². The van der Waals surface area contributed by atoms with E-state index < -0.39 is 0 Å². The zero-order chi connectivity index (χ0) is 13.0. The standard InChI is InChI=1S/C11H17N5O2/c1-15(5-9-4-12-16(2)6-9)7-11-13-10(8-17-3)14-18-11/h4,6H,5,7-8H2,1-3H3. The van der Waals surface area contributed by atoms with E-state index in [-0.39, 0.29) is 0 Å². The van der Waals surface area contributed by atoms with Gasteiger partial charge in [0, 0.05) is 32.5 Å². The van der Waals surface area contributed by atoms with Gasteiger partial charge in [0.05, 0.1) is 12.7 Å². The predicted octanol–water partition coefficient (Wildman–Crippen LogP) is 0.581. The topological polar surface area (TPSA) is 69.2 Å². The van der Waals surface area contributed by atoms with Crippen LogP contribution >= 0.6 is 0 Å². The van der Waals surface area contributed by atoms with E-state index >= 15 is 0 Å². The van der Waals surface area contributed by atoms with Crippen molar-refractivity contribution in [3.05, 3.63) is 29.7 Å². The van der Waals surface area contributed by atoms with Crippen LogP contribution in [-0.4, -0.2) is 39.0 Å². The van der Waals surface area contributed by atoms with Gasteiger partial charge in [-0.15, -0.1) is 0 Å². The molecule has 7 nitrogen and oxygen atoms in total. The summed E-state index contributed by atoms with van der Waals surface area (Å²) in [6.45, 7) is 1.76. The first-order valence-corrected chi connectivity index (χ1v) is 5.64. The van der Waals surface area contributed by atoms with Gasteiger partial charge in [0.15, 0.2) is 5.82 Å². The number of aromatic nitrogens is 4. The molecule has 0 saturated carbocycles. The maximum Gasteiger partial charge on any atom is 0.240 e. The number of nitrogens with zero attached hydrogens (tertiary/aromatic N) is 5. The summed E-state index contributed by atoms with van der Waals surface area (Å²) >= 11 is 0. The van der Waals surface area contributed by atoms with Crippen molar-refractivity contribution in [1.29, 1.82) is 0 Å². The Labute approximate surface area is 105 Å². The van der Waals surface area contributed by atoms with Crippen LogP contribution in [0.2, 0.25) is 0 Å². The lowest BCUT2D eigenvalue weighted by Crippen LogP contribution is -2.17. The van der Waals surface area contributed by atoms with Crippen molar-refractivity contribution in [2.75, 3.05) is 14.2 Å². The largest absolute Gasteiger partial charge is 0.377 e. The Hall–Kier alpha value is -1.73. The fraction of sp³-hybridized carbons (Fsp3) is 0.545. The van der Waals surface area contributed by atoms with Crippen LogP contribution in [0, 0.1) is 0 Å². The van der Waals surface area contributed by atoms with Gasteiger partial charge >= 0.3 is 0 Å². The Kier molecular flexibility index (Phi) is 4.06. The number of ether oxygens (including phenoxy) is 1. The molecular weight excluding hydrogens is 234 g/mol. The molecule has 0 saturated heterocycles. The van der Waals surface area contributed by atoms with Gasteiger partial charge in [0.25, 0.3) is 0 Å². The zero-order valence-electron chi connectivity index (χ0n) is 10.8. The Bertz CT molecular complexity index is 493.